The van der Waals surface area contributed by atoms with E-state index >= 15 is 0 Å². The minimum Gasteiger partial charge on any atom is -0.450 e. The molecule has 0 aromatic carbocycles. The van der Waals surface area contributed by atoms with Gasteiger partial charge in [0.2, 0.25) is 0 Å². The lowest BCUT2D eigenvalue weighted by Gasteiger charge is -2.31. The molecule has 0 aliphatic carbocycles. The first-order chi connectivity index (χ1) is 12.4. The molecule has 0 radical (unpaired) electrons. The average molecular weight is 492 g/mol. The summed E-state index contributed by atoms with van der Waals surface area (Å²) in [5, 5.41) is 7.71. The van der Waals surface area contributed by atoms with Gasteiger partial charge >= 0.3 is 6.09 Å². The van der Waals surface area contributed by atoms with Gasteiger partial charge in [-0.2, -0.15) is 5.10 Å². The Balaban J connectivity index is 0.00000364. The van der Waals surface area contributed by atoms with Crippen LogP contribution in [0.3, 0.4) is 0 Å². The fourth-order valence-corrected chi connectivity index (χ4v) is 3.31. The van der Waals surface area contributed by atoms with E-state index in [4.69, 9.17) is 10.5 Å². The monoisotopic (exact) mass is 492 g/mol. The Kier molecular flexibility index (Phi) is 9.89. The maximum Gasteiger partial charge on any atom is 0.409 e. The molecule has 1 saturated heterocycles. The van der Waals surface area contributed by atoms with Gasteiger partial charge in [0.15, 0.2) is 5.96 Å². The molecule has 0 unspecified atom stereocenters. The molecule has 0 saturated carbocycles. The minimum absolute atomic E-state index is 0. The second-order valence-electron chi connectivity index (χ2n) is 6.75. The predicted octanol–water partition coefficient (Wildman–Crippen LogP) is 2.11. The Morgan fingerprint density at radius 1 is 1.37 bits per heavy atom. The van der Waals surface area contributed by atoms with Crippen molar-refractivity contribution in [2.75, 3.05) is 26.2 Å². The molecule has 1 fully saturated rings. The molecule has 27 heavy (non-hydrogen) atoms. The number of nitrogens with two attached hydrogens (primary N) is 1. The molecular formula is C18H33IN6O2. The molecule has 1 aromatic rings. The zero-order valence-corrected chi connectivity index (χ0v) is 19.2. The zero-order valence-electron chi connectivity index (χ0n) is 16.8. The number of piperidine rings is 1. The Labute approximate surface area is 178 Å². The number of aliphatic imine (C=N–C) groups is 1. The summed E-state index contributed by atoms with van der Waals surface area (Å²) < 4.78 is 6.95. The van der Waals surface area contributed by atoms with Crippen molar-refractivity contribution in [2.24, 2.45) is 17.8 Å². The van der Waals surface area contributed by atoms with E-state index in [0.717, 1.165) is 31.4 Å². The number of hydrogen-bond acceptors (Lipinski definition) is 4. The van der Waals surface area contributed by atoms with Crippen LogP contribution < -0.4 is 11.1 Å². The molecule has 1 aliphatic heterocycles. The van der Waals surface area contributed by atoms with E-state index in [-0.39, 0.29) is 36.1 Å². The van der Waals surface area contributed by atoms with Crippen molar-refractivity contribution in [1.29, 1.82) is 0 Å². The maximum absolute atomic E-state index is 11.7. The van der Waals surface area contributed by atoms with E-state index < -0.39 is 0 Å². The molecule has 0 atom stereocenters. The summed E-state index contributed by atoms with van der Waals surface area (Å²) in [4.78, 5) is 17.9. The van der Waals surface area contributed by atoms with Gasteiger partial charge in [0.1, 0.15) is 0 Å². The van der Waals surface area contributed by atoms with Gasteiger partial charge in [-0.3, -0.25) is 9.67 Å². The fraction of sp³-hybridized carbons (Fsp3) is 0.722. The Morgan fingerprint density at radius 3 is 2.59 bits per heavy atom. The lowest BCUT2D eigenvalue weighted by molar-refractivity contribution is 0.0963. The fourth-order valence-electron chi connectivity index (χ4n) is 3.31. The van der Waals surface area contributed by atoms with Gasteiger partial charge in [-0.15, -0.1) is 24.0 Å². The summed E-state index contributed by atoms with van der Waals surface area (Å²) in [6, 6.07) is 0.257. The van der Waals surface area contributed by atoms with E-state index in [0.29, 0.717) is 32.2 Å². The first-order valence-electron chi connectivity index (χ1n) is 9.39. The summed E-state index contributed by atoms with van der Waals surface area (Å²) in [6.07, 6.45) is 3.37. The third-order valence-corrected chi connectivity index (χ3v) is 4.90. The van der Waals surface area contributed by atoms with Gasteiger partial charge in [0.05, 0.1) is 12.3 Å². The first-order valence-corrected chi connectivity index (χ1v) is 9.39. The van der Waals surface area contributed by atoms with E-state index in [1.807, 2.05) is 25.6 Å². The van der Waals surface area contributed by atoms with Crippen LogP contribution in [0.15, 0.2) is 4.99 Å². The normalized spacial score (nSPS) is 15.4. The largest absolute Gasteiger partial charge is 0.450 e. The highest BCUT2D eigenvalue weighted by molar-refractivity contribution is 14.0. The predicted molar refractivity (Wildman–Crippen MR) is 118 cm³/mol. The molecule has 3 N–H and O–H groups in total. The molecule has 2 rings (SSSR count). The second kappa shape index (κ2) is 11.4. The quantitative estimate of drug-likeness (QED) is 0.275. The molecule has 154 valence electrons. The van der Waals surface area contributed by atoms with E-state index in [9.17, 15) is 4.79 Å². The maximum atomic E-state index is 11.7. The van der Waals surface area contributed by atoms with Gasteiger partial charge < -0.3 is 20.7 Å². The summed E-state index contributed by atoms with van der Waals surface area (Å²) in [6.45, 7) is 8.43. The number of halogens is 1. The number of likely N-dealkylation sites (tertiary alicyclic amines) is 1. The van der Waals surface area contributed by atoms with Crippen molar-refractivity contribution in [3.05, 3.63) is 17.0 Å². The van der Waals surface area contributed by atoms with Crippen LogP contribution in [0, 0.1) is 13.8 Å². The number of ether oxygens (including phenoxy) is 1. The van der Waals surface area contributed by atoms with Crippen molar-refractivity contribution < 1.29 is 9.53 Å². The smallest absolute Gasteiger partial charge is 0.409 e. The molecular weight excluding hydrogens is 459 g/mol. The highest BCUT2D eigenvalue weighted by atomic mass is 127. The number of aryl methyl sites for hydroxylation is 2. The number of amides is 1. The van der Waals surface area contributed by atoms with Crippen molar-refractivity contribution in [2.45, 2.75) is 52.5 Å². The van der Waals surface area contributed by atoms with Gasteiger partial charge in [-0.25, -0.2) is 4.79 Å². The van der Waals surface area contributed by atoms with Gasteiger partial charge in [-0.1, -0.05) is 0 Å². The Hall–Kier alpha value is -1.52. The summed E-state index contributed by atoms with van der Waals surface area (Å²) >= 11 is 0. The molecule has 0 bridgehead atoms. The van der Waals surface area contributed by atoms with Crippen molar-refractivity contribution in [1.82, 2.24) is 20.0 Å². The van der Waals surface area contributed by atoms with Crippen molar-refractivity contribution >= 4 is 36.0 Å². The summed E-state index contributed by atoms with van der Waals surface area (Å²) in [5.74, 6) is 0.485. The van der Waals surface area contributed by atoms with Crippen LogP contribution in [0.1, 0.15) is 43.1 Å². The third-order valence-electron chi connectivity index (χ3n) is 4.90. The Bertz CT molecular complexity index is 638. The molecule has 1 aliphatic rings. The van der Waals surface area contributed by atoms with E-state index in [2.05, 4.69) is 22.3 Å². The molecule has 8 nitrogen and oxygen atoms in total. The molecule has 0 spiro atoms. The third kappa shape index (κ3) is 6.86. The highest BCUT2D eigenvalue weighted by Gasteiger charge is 2.23. The van der Waals surface area contributed by atoms with E-state index in [1.165, 1.54) is 11.3 Å². The lowest BCUT2D eigenvalue weighted by Crippen LogP contribution is -2.48. The number of carbonyl (C=O) groups excluding carboxylic acids is 1. The van der Waals surface area contributed by atoms with Crippen LogP contribution in [0.4, 0.5) is 4.79 Å². The summed E-state index contributed by atoms with van der Waals surface area (Å²) in [7, 11) is 1.97. The van der Waals surface area contributed by atoms with Crippen molar-refractivity contribution in [3.8, 4) is 0 Å². The zero-order chi connectivity index (χ0) is 19.1. The van der Waals surface area contributed by atoms with Crippen LogP contribution in [-0.2, 0) is 18.2 Å². The second-order valence-corrected chi connectivity index (χ2v) is 6.75. The molecule has 2 heterocycles. The van der Waals surface area contributed by atoms with Crippen LogP contribution in [0.5, 0.6) is 0 Å². The average Bonchev–Trinajstić information content (AvgIpc) is 2.85. The molecule has 9 heteroatoms. The number of carbonyl (C=O) groups is 1. The minimum atomic E-state index is -0.228. The molecule has 1 amide bonds. The number of nitrogens with one attached hydrogen (secondary N) is 1. The number of aromatic nitrogens is 2. The SMILES string of the molecule is CCOC(=O)N1CCC(NC(N)=NCCCc2c(C)nn(C)c2C)CC1.I. The Morgan fingerprint density at radius 2 is 2.04 bits per heavy atom. The van der Waals surface area contributed by atoms with Gasteiger partial charge in [0.25, 0.3) is 0 Å². The molecule has 1 aromatic heterocycles. The first kappa shape index (κ1) is 23.5. The number of rotatable bonds is 6. The van der Waals surface area contributed by atoms with Gasteiger partial charge in [-0.05, 0) is 52.0 Å². The van der Waals surface area contributed by atoms with Crippen LogP contribution in [0.25, 0.3) is 0 Å². The van der Waals surface area contributed by atoms with Gasteiger partial charge in [0, 0.05) is 38.4 Å². The van der Waals surface area contributed by atoms with Crippen LogP contribution >= 0.6 is 24.0 Å². The lowest BCUT2D eigenvalue weighted by atomic mass is 10.1. The van der Waals surface area contributed by atoms with Crippen LogP contribution in [0.2, 0.25) is 0 Å². The highest BCUT2D eigenvalue weighted by Crippen LogP contribution is 2.14. The van der Waals surface area contributed by atoms with E-state index in [1.54, 1.807) is 4.90 Å². The summed E-state index contributed by atoms with van der Waals surface area (Å²) in [5.41, 5.74) is 9.62. The topological polar surface area (TPSA) is 97.8 Å². The number of hydrogen-bond donors (Lipinski definition) is 2. The van der Waals surface area contributed by atoms with Crippen LogP contribution in [-0.4, -0.2) is 59.0 Å². The standard InChI is InChI=1S/C18H32N6O2.HI/c1-5-26-18(25)24-11-8-15(9-12-24)21-17(19)20-10-6-7-16-13(2)22-23(4)14(16)3;/h15H,5-12H2,1-4H3,(H3,19,20,21);1H. The number of nitrogens with zero attached hydrogens (tertiary/aromatic N) is 4. The number of guanidine groups is 1. The van der Waals surface area contributed by atoms with Crippen molar-refractivity contribution in [3.63, 3.8) is 0 Å².